The maximum Gasteiger partial charge on any atom is 0.348 e. The Bertz CT molecular complexity index is 1510. The van der Waals surface area contributed by atoms with Gasteiger partial charge >= 0.3 is 5.97 Å². The summed E-state index contributed by atoms with van der Waals surface area (Å²) in [5.74, 6) is -0.999. The van der Waals surface area contributed by atoms with Gasteiger partial charge in [-0.25, -0.2) is 14.5 Å². The summed E-state index contributed by atoms with van der Waals surface area (Å²) in [7, 11) is 0. The van der Waals surface area contributed by atoms with Crippen LogP contribution in [0.5, 0.6) is 0 Å². The van der Waals surface area contributed by atoms with Crippen molar-refractivity contribution in [1.29, 1.82) is 0 Å². The number of thiazole rings is 1. The first kappa shape index (κ1) is 22.5. The maximum absolute atomic E-state index is 12.6. The van der Waals surface area contributed by atoms with Gasteiger partial charge in [-0.15, -0.1) is 22.7 Å². The van der Waals surface area contributed by atoms with E-state index in [-0.39, 0.29) is 0 Å². The number of nitrogens with zero attached hydrogens (tertiary/aromatic N) is 3. The standard InChI is InChI=1S/C24H17BrN4O3S2/c1-14-18-11-20(34-22(18)29(28-14)17-8-3-2-4-9-17)23(31)32-12-21(30)27-24-26-19(13-33-24)15-6-5-7-16(25)10-15/h2-11,13H,12H2,1H3,(H,26,27,30). The van der Waals surface area contributed by atoms with E-state index in [1.807, 2.05) is 71.6 Å². The molecule has 5 aromatic rings. The second-order valence-electron chi connectivity index (χ2n) is 7.33. The molecular formula is C24H17BrN4O3S2. The molecule has 7 nitrogen and oxygen atoms in total. The van der Waals surface area contributed by atoms with Crippen molar-refractivity contribution in [2.24, 2.45) is 0 Å². The van der Waals surface area contributed by atoms with E-state index in [1.165, 1.54) is 22.7 Å². The van der Waals surface area contributed by atoms with E-state index in [4.69, 9.17) is 4.74 Å². The number of carbonyl (C=O) groups excluding carboxylic acids is 2. The number of halogens is 1. The summed E-state index contributed by atoms with van der Waals surface area (Å²) in [6, 6.07) is 19.2. The lowest BCUT2D eigenvalue weighted by Gasteiger charge is -2.04. The predicted molar refractivity (Wildman–Crippen MR) is 138 cm³/mol. The number of para-hydroxylation sites is 1. The lowest BCUT2D eigenvalue weighted by Crippen LogP contribution is -2.20. The van der Waals surface area contributed by atoms with Crippen LogP contribution >= 0.6 is 38.6 Å². The van der Waals surface area contributed by atoms with Gasteiger partial charge in [0, 0.05) is 20.8 Å². The largest absolute Gasteiger partial charge is 0.451 e. The smallest absolute Gasteiger partial charge is 0.348 e. The summed E-state index contributed by atoms with van der Waals surface area (Å²) >= 11 is 6.03. The lowest BCUT2D eigenvalue weighted by molar-refractivity contribution is -0.119. The molecule has 0 aliphatic rings. The van der Waals surface area contributed by atoms with E-state index in [0.29, 0.717) is 10.0 Å². The minimum absolute atomic E-state index is 0.400. The minimum Gasteiger partial charge on any atom is -0.451 e. The third-order valence-electron chi connectivity index (χ3n) is 4.95. The Labute approximate surface area is 211 Å². The van der Waals surface area contributed by atoms with Crippen molar-refractivity contribution in [3.63, 3.8) is 0 Å². The number of ether oxygens (including phenoxy) is 1. The number of hydrogen-bond donors (Lipinski definition) is 1. The van der Waals surface area contributed by atoms with Crippen molar-refractivity contribution >= 4 is 65.8 Å². The Hall–Kier alpha value is -3.34. The molecule has 0 radical (unpaired) electrons. The van der Waals surface area contributed by atoms with E-state index in [9.17, 15) is 9.59 Å². The van der Waals surface area contributed by atoms with Crippen LogP contribution in [-0.4, -0.2) is 33.2 Å². The molecule has 0 saturated heterocycles. The average molecular weight is 553 g/mol. The first-order valence-electron chi connectivity index (χ1n) is 10.2. The number of anilines is 1. The van der Waals surface area contributed by atoms with Gasteiger partial charge in [-0.05, 0) is 37.3 Å². The molecule has 10 heteroatoms. The second-order valence-corrected chi connectivity index (χ2v) is 10.1. The van der Waals surface area contributed by atoms with Gasteiger partial charge in [-0.2, -0.15) is 5.10 Å². The lowest BCUT2D eigenvalue weighted by atomic mass is 10.2. The Kier molecular flexibility index (Phi) is 6.27. The monoisotopic (exact) mass is 552 g/mol. The average Bonchev–Trinajstić information content (AvgIpc) is 3.55. The Morgan fingerprint density at radius 3 is 2.74 bits per heavy atom. The van der Waals surface area contributed by atoms with E-state index in [2.05, 4.69) is 31.3 Å². The van der Waals surface area contributed by atoms with Crippen molar-refractivity contribution in [2.45, 2.75) is 6.92 Å². The fraction of sp³-hybridized carbons (Fsp3) is 0.0833. The summed E-state index contributed by atoms with van der Waals surface area (Å²) in [6.07, 6.45) is 0. The molecule has 2 aromatic carbocycles. The molecule has 0 spiro atoms. The highest BCUT2D eigenvalue weighted by molar-refractivity contribution is 9.10. The zero-order valence-corrected chi connectivity index (χ0v) is 21.0. The Morgan fingerprint density at radius 2 is 1.94 bits per heavy atom. The second kappa shape index (κ2) is 9.49. The van der Waals surface area contributed by atoms with Crippen molar-refractivity contribution in [2.75, 3.05) is 11.9 Å². The highest BCUT2D eigenvalue weighted by Crippen LogP contribution is 2.31. The fourth-order valence-electron chi connectivity index (χ4n) is 3.36. The number of aryl methyl sites for hydroxylation is 1. The van der Waals surface area contributed by atoms with Crippen LogP contribution in [0.2, 0.25) is 0 Å². The third kappa shape index (κ3) is 4.65. The number of amides is 1. The van der Waals surface area contributed by atoms with Crippen LogP contribution in [0.4, 0.5) is 5.13 Å². The molecule has 0 fully saturated rings. The molecular weight excluding hydrogens is 536 g/mol. The molecule has 0 aliphatic heterocycles. The number of carbonyl (C=O) groups is 2. The Morgan fingerprint density at radius 1 is 1.12 bits per heavy atom. The molecule has 170 valence electrons. The number of benzene rings is 2. The molecule has 0 atom stereocenters. The highest BCUT2D eigenvalue weighted by atomic mass is 79.9. The number of nitrogens with one attached hydrogen (secondary N) is 1. The number of aromatic nitrogens is 3. The molecule has 5 rings (SSSR count). The van der Waals surface area contributed by atoms with Gasteiger partial charge < -0.3 is 4.74 Å². The van der Waals surface area contributed by atoms with Crippen molar-refractivity contribution in [3.8, 4) is 16.9 Å². The maximum atomic E-state index is 12.6. The van der Waals surface area contributed by atoms with Crippen LogP contribution in [0.3, 0.4) is 0 Å². The van der Waals surface area contributed by atoms with Gasteiger partial charge in [0.1, 0.15) is 9.71 Å². The van der Waals surface area contributed by atoms with Crippen LogP contribution in [-0.2, 0) is 9.53 Å². The van der Waals surface area contributed by atoms with Crippen LogP contribution in [0, 0.1) is 6.92 Å². The molecule has 0 unspecified atom stereocenters. The first-order valence-corrected chi connectivity index (χ1v) is 12.7. The number of rotatable bonds is 6. The van der Waals surface area contributed by atoms with Gasteiger partial charge in [0.2, 0.25) is 0 Å². The van der Waals surface area contributed by atoms with Crippen molar-refractivity contribution in [3.05, 3.63) is 81.1 Å². The van der Waals surface area contributed by atoms with Crippen LogP contribution < -0.4 is 5.32 Å². The summed E-state index contributed by atoms with van der Waals surface area (Å²) in [5, 5.41) is 10.4. The Balaban J connectivity index is 1.24. The van der Waals surface area contributed by atoms with Crippen molar-refractivity contribution in [1.82, 2.24) is 14.8 Å². The number of thiophene rings is 1. The summed E-state index contributed by atoms with van der Waals surface area (Å²) in [6.45, 7) is 1.50. The molecule has 3 heterocycles. The van der Waals surface area contributed by atoms with E-state index in [0.717, 1.165) is 37.3 Å². The third-order valence-corrected chi connectivity index (χ3v) is 7.29. The molecule has 1 N–H and O–H groups in total. The minimum atomic E-state index is -0.552. The van der Waals surface area contributed by atoms with Crippen LogP contribution in [0.25, 0.3) is 27.2 Å². The molecule has 1 amide bonds. The van der Waals surface area contributed by atoms with Gasteiger partial charge in [-0.1, -0.05) is 46.3 Å². The zero-order chi connectivity index (χ0) is 23.7. The molecule has 0 aliphatic carbocycles. The molecule has 0 saturated carbocycles. The summed E-state index contributed by atoms with van der Waals surface area (Å²) < 4.78 is 8.01. The SMILES string of the molecule is Cc1nn(-c2ccccc2)c2sc(C(=O)OCC(=O)Nc3nc(-c4cccc(Br)c4)cs3)cc12. The van der Waals surface area contributed by atoms with Crippen LogP contribution in [0.1, 0.15) is 15.4 Å². The molecule has 34 heavy (non-hydrogen) atoms. The number of esters is 1. The molecule has 0 bridgehead atoms. The van der Waals surface area contributed by atoms with Gasteiger partial charge in [0.15, 0.2) is 11.7 Å². The quantitative estimate of drug-likeness (QED) is 0.258. The number of fused-ring (bicyclic) bond motifs is 1. The zero-order valence-electron chi connectivity index (χ0n) is 17.8. The van der Waals surface area contributed by atoms with Crippen LogP contribution in [0.15, 0.2) is 70.5 Å². The first-order chi connectivity index (χ1) is 16.5. The summed E-state index contributed by atoms with van der Waals surface area (Å²) in [4.78, 5) is 30.6. The van der Waals surface area contributed by atoms with Gasteiger partial charge in [-0.3, -0.25) is 10.1 Å². The highest BCUT2D eigenvalue weighted by Gasteiger charge is 2.19. The normalized spacial score (nSPS) is 11.0. The topological polar surface area (TPSA) is 86.1 Å². The van der Waals surface area contributed by atoms with Crippen molar-refractivity contribution < 1.29 is 14.3 Å². The number of hydrogen-bond acceptors (Lipinski definition) is 7. The fourth-order valence-corrected chi connectivity index (χ4v) is 5.57. The van der Waals surface area contributed by atoms with E-state index < -0.39 is 18.5 Å². The molecule has 3 aromatic heterocycles. The van der Waals surface area contributed by atoms with Gasteiger partial charge in [0.25, 0.3) is 5.91 Å². The van der Waals surface area contributed by atoms with E-state index in [1.54, 1.807) is 6.07 Å². The van der Waals surface area contributed by atoms with E-state index >= 15 is 0 Å². The summed E-state index contributed by atoms with van der Waals surface area (Å²) in [5.41, 5.74) is 3.42. The predicted octanol–water partition coefficient (Wildman–Crippen LogP) is 6.08. The van der Waals surface area contributed by atoms with Gasteiger partial charge in [0.05, 0.1) is 17.1 Å².